The fraction of sp³-hybridized carbons (Fsp3) is 0.529. The van der Waals surface area contributed by atoms with Crippen LogP contribution in [0.15, 0.2) is 23.2 Å². The number of hydrogen-bond donors (Lipinski definition) is 1. The lowest BCUT2D eigenvalue weighted by Crippen LogP contribution is -2.37. The van der Waals surface area contributed by atoms with Crippen molar-refractivity contribution in [3.63, 3.8) is 0 Å². The molecule has 0 radical (unpaired) electrons. The number of aromatic nitrogens is 4. The quantitative estimate of drug-likeness (QED) is 0.844. The molecule has 0 aromatic carbocycles. The molecule has 1 unspecified atom stereocenters. The third-order valence-electron chi connectivity index (χ3n) is 4.22. The second-order valence-electron chi connectivity index (χ2n) is 6.32. The molecule has 2 aromatic heterocycles. The smallest absolute Gasteiger partial charge is 0.233 e. The van der Waals surface area contributed by atoms with Gasteiger partial charge in [-0.25, -0.2) is 4.68 Å². The predicted molar refractivity (Wildman–Crippen MR) is 94.3 cm³/mol. The highest BCUT2D eigenvalue weighted by Gasteiger charge is 2.21. The van der Waals surface area contributed by atoms with Crippen molar-refractivity contribution in [1.82, 2.24) is 25.3 Å². The third kappa shape index (κ3) is 3.95. The summed E-state index contributed by atoms with van der Waals surface area (Å²) in [4.78, 5) is 12.2. The molecule has 24 heavy (non-hydrogen) atoms. The van der Waals surface area contributed by atoms with Crippen LogP contribution in [-0.4, -0.2) is 37.2 Å². The van der Waals surface area contributed by atoms with E-state index in [4.69, 9.17) is 0 Å². The van der Waals surface area contributed by atoms with Crippen LogP contribution >= 0.6 is 11.8 Å². The first kappa shape index (κ1) is 17.0. The Morgan fingerprint density at radius 3 is 2.62 bits per heavy atom. The number of carbonyl (C=O) groups is 1. The van der Waals surface area contributed by atoms with Crippen molar-refractivity contribution < 1.29 is 4.79 Å². The minimum atomic E-state index is -0.181. The van der Waals surface area contributed by atoms with E-state index in [1.165, 1.54) is 24.6 Å². The molecular formula is C17H23N5OS. The fourth-order valence-electron chi connectivity index (χ4n) is 2.97. The zero-order valence-corrected chi connectivity index (χ0v) is 15.1. The summed E-state index contributed by atoms with van der Waals surface area (Å²) in [7, 11) is 0. The molecule has 128 valence electrons. The van der Waals surface area contributed by atoms with E-state index in [0.29, 0.717) is 11.9 Å². The van der Waals surface area contributed by atoms with E-state index in [1.54, 1.807) is 4.68 Å². The maximum Gasteiger partial charge on any atom is 0.233 e. The lowest BCUT2D eigenvalue weighted by molar-refractivity contribution is -0.120. The van der Waals surface area contributed by atoms with Gasteiger partial charge in [0.05, 0.1) is 10.9 Å². The zero-order chi connectivity index (χ0) is 17.1. The Kier molecular flexibility index (Phi) is 5.18. The summed E-state index contributed by atoms with van der Waals surface area (Å²) in [6, 6.07) is 6.12. The molecule has 0 spiro atoms. The van der Waals surface area contributed by atoms with E-state index >= 15 is 0 Å². The maximum absolute atomic E-state index is 12.2. The molecule has 1 fully saturated rings. The molecule has 0 bridgehead atoms. The molecule has 1 saturated carbocycles. The monoisotopic (exact) mass is 345 g/mol. The number of nitrogens with one attached hydrogen (secondary N) is 1. The van der Waals surface area contributed by atoms with Crippen LogP contribution in [0.5, 0.6) is 0 Å². The van der Waals surface area contributed by atoms with Gasteiger partial charge in [0.25, 0.3) is 0 Å². The lowest BCUT2D eigenvalue weighted by atomic mass is 10.2. The van der Waals surface area contributed by atoms with Gasteiger partial charge in [-0.2, -0.15) is 5.10 Å². The van der Waals surface area contributed by atoms with Gasteiger partial charge in [-0.1, -0.05) is 24.6 Å². The van der Waals surface area contributed by atoms with Crippen LogP contribution in [0.3, 0.4) is 0 Å². The number of aryl methyl sites for hydroxylation is 2. The number of rotatable bonds is 5. The summed E-state index contributed by atoms with van der Waals surface area (Å²) >= 11 is 1.43. The van der Waals surface area contributed by atoms with Gasteiger partial charge in [0.1, 0.15) is 5.03 Å². The average Bonchev–Trinajstić information content (AvgIpc) is 3.17. The second-order valence-corrected chi connectivity index (χ2v) is 7.68. The number of carbonyl (C=O) groups excluding carboxylic acids is 1. The number of hydrogen-bond acceptors (Lipinski definition) is 5. The summed E-state index contributed by atoms with van der Waals surface area (Å²) in [5.74, 6) is 0.768. The van der Waals surface area contributed by atoms with Crippen molar-refractivity contribution in [2.45, 2.75) is 62.8 Å². The van der Waals surface area contributed by atoms with Crippen LogP contribution in [0.25, 0.3) is 5.82 Å². The third-order valence-corrected chi connectivity index (χ3v) is 5.25. The minimum Gasteiger partial charge on any atom is -0.352 e. The van der Waals surface area contributed by atoms with Gasteiger partial charge in [-0.15, -0.1) is 10.2 Å². The highest BCUT2D eigenvalue weighted by atomic mass is 32.2. The van der Waals surface area contributed by atoms with Gasteiger partial charge in [-0.05, 0) is 51.8 Å². The standard InChI is InChI=1S/C17H23N5OS/c1-11-10-12(2)22(21-11)15-8-9-16(20-19-15)24-13(3)17(23)18-14-6-4-5-7-14/h8-10,13-14H,4-7H2,1-3H3,(H,18,23). The summed E-state index contributed by atoms with van der Waals surface area (Å²) in [5, 5.41) is 16.6. The molecule has 7 heteroatoms. The van der Waals surface area contributed by atoms with Gasteiger partial charge in [0.15, 0.2) is 5.82 Å². The maximum atomic E-state index is 12.2. The van der Waals surface area contributed by atoms with Gasteiger partial charge in [0, 0.05) is 11.7 Å². The molecule has 0 aliphatic heterocycles. The SMILES string of the molecule is Cc1cc(C)n(-c2ccc(SC(C)C(=O)NC3CCCC3)nn2)n1. The van der Waals surface area contributed by atoms with Crippen molar-refractivity contribution in [1.29, 1.82) is 0 Å². The Morgan fingerprint density at radius 2 is 2.04 bits per heavy atom. The summed E-state index contributed by atoms with van der Waals surface area (Å²) in [5.41, 5.74) is 1.97. The number of amides is 1. The van der Waals surface area contributed by atoms with Crippen LogP contribution in [0.4, 0.5) is 0 Å². The largest absolute Gasteiger partial charge is 0.352 e. The van der Waals surface area contributed by atoms with Crippen LogP contribution in [-0.2, 0) is 4.79 Å². The number of nitrogens with zero attached hydrogens (tertiary/aromatic N) is 4. The molecule has 2 aromatic rings. The molecule has 1 aliphatic rings. The van der Waals surface area contributed by atoms with Gasteiger partial charge >= 0.3 is 0 Å². The van der Waals surface area contributed by atoms with E-state index in [9.17, 15) is 4.79 Å². The first-order chi connectivity index (χ1) is 11.5. The Balaban J connectivity index is 1.61. The molecule has 3 rings (SSSR count). The lowest BCUT2D eigenvalue weighted by Gasteiger charge is -2.15. The van der Waals surface area contributed by atoms with Crippen LogP contribution in [0, 0.1) is 13.8 Å². The summed E-state index contributed by atoms with van der Waals surface area (Å²) in [6.45, 7) is 5.84. The van der Waals surface area contributed by atoms with E-state index in [2.05, 4.69) is 20.6 Å². The highest BCUT2D eigenvalue weighted by Crippen LogP contribution is 2.23. The Bertz CT molecular complexity index is 706. The average molecular weight is 345 g/mol. The topological polar surface area (TPSA) is 72.7 Å². The molecule has 6 nitrogen and oxygen atoms in total. The zero-order valence-electron chi connectivity index (χ0n) is 14.3. The first-order valence-corrected chi connectivity index (χ1v) is 9.25. The molecule has 1 amide bonds. The minimum absolute atomic E-state index is 0.0799. The Morgan fingerprint density at radius 1 is 1.29 bits per heavy atom. The molecule has 1 atom stereocenters. The molecule has 1 N–H and O–H groups in total. The van der Waals surface area contributed by atoms with Gasteiger partial charge in [-0.3, -0.25) is 4.79 Å². The Labute approximate surface area is 146 Å². The molecular weight excluding hydrogens is 322 g/mol. The molecule has 0 saturated heterocycles. The normalized spacial score (nSPS) is 16.3. The summed E-state index contributed by atoms with van der Waals surface area (Å²) in [6.07, 6.45) is 4.62. The van der Waals surface area contributed by atoms with Crippen molar-refractivity contribution in [2.75, 3.05) is 0 Å². The second kappa shape index (κ2) is 7.34. The first-order valence-electron chi connectivity index (χ1n) is 8.37. The van der Waals surface area contributed by atoms with E-state index < -0.39 is 0 Å². The van der Waals surface area contributed by atoms with Gasteiger partial charge in [0.2, 0.25) is 5.91 Å². The van der Waals surface area contributed by atoms with E-state index in [-0.39, 0.29) is 11.2 Å². The summed E-state index contributed by atoms with van der Waals surface area (Å²) < 4.78 is 1.77. The van der Waals surface area contributed by atoms with Crippen LogP contribution in [0.1, 0.15) is 44.0 Å². The molecule has 2 heterocycles. The fourth-order valence-corrected chi connectivity index (χ4v) is 3.74. The van der Waals surface area contributed by atoms with Crippen molar-refractivity contribution in [2.24, 2.45) is 0 Å². The van der Waals surface area contributed by atoms with Crippen LogP contribution in [0.2, 0.25) is 0 Å². The highest BCUT2D eigenvalue weighted by molar-refractivity contribution is 8.00. The number of thioether (sulfide) groups is 1. The van der Waals surface area contributed by atoms with Crippen molar-refractivity contribution in [3.05, 3.63) is 29.6 Å². The predicted octanol–water partition coefficient (Wildman–Crippen LogP) is 2.82. The Hall–Kier alpha value is -1.89. The van der Waals surface area contributed by atoms with Crippen molar-refractivity contribution >= 4 is 17.7 Å². The molecule has 1 aliphatic carbocycles. The van der Waals surface area contributed by atoms with E-state index in [0.717, 1.165) is 29.3 Å². The van der Waals surface area contributed by atoms with Crippen LogP contribution < -0.4 is 5.32 Å². The van der Waals surface area contributed by atoms with E-state index in [1.807, 2.05) is 39.0 Å². The van der Waals surface area contributed by atoms with Crippen molar-refractivity contribution in [3.8, 4) is 5.82 Å². The van der Waals surface area contributed by atoms with Gasteiger partial charge < -0.3 is 5.32 Å².